The van der Waals surface area contributed by atoms with E-state index in [4.69, 9.17) is 34.2 Å². The van der Waals surface area contributed by atoms with Gasteiger partial charge in [-0.05, 0) is 111 Å². The summed E-state index contributed by atoms with van der Waals surface area (Å²) in [7, 11) is 4.65. The van der Waals surface area contributed by atoms with Crippen LogP contribution >= 0.6 is 31.9 Å². The van der Waals surface area contributed by atoms with E-state index in [0.29, 0.717) is 43.7 Å². The van der Waals surface area contributed by atoms with E-state index in [1.165, 1.54) is 31.4 Å². The average Bonchev–Trinajstić information content (AvgIpc) is 4.25. The van der Waals surface area contributed by atoms with Gasteiger partial charge < -0.3 is 49.0 Å². The smallest absolute Gasteiger partial charge is 0.495 e. The second-order valence-corrected chi connectivity index (χ2v) is 23.9. The van der Waals surface area contributed by atoms with E-state index in [1.54, 1.807) is 52.2 Å². The van der Waals surface area contributed by atoms with Crippen LogP contribution in [0.15, 0.2) is 88.5 Å². The first-order valence-corrected chi connectivity index (χ1v) is 27.2. The average molecular weight is 1170 g/mol. The van der Waals surface area contributed by atoms with Gasteiger partial charge >= 0.3 is 7.12 Å². The first kappa shape index (κ1) is 57.7. The van der Waals surface area contributed by atoms with E-state index >= 15 is 0 Å². The fourth-order valence-electron chi connectivity index (χ4n) is 8.76. The molecule has 4 N–H and O–H groups in total. The largest absolute Gasteiger partial charge is 0.497 e. The van der Waals surface area contributed by atoms with E-state index in [1.807, 2.05) is 65.8 Å². The van der Waals surface area contributed by atoms with Crippen molar-refractivity contribution in [2.24, 2.45) is 10.8 Å². The fourth-order valence-corrected chi connectivity index (χ4v) is 9.53. The normalized spacial score (nSPS) is 15.9. The number of anilines is 3. The van der Waals surface area contributed by atoms with Crippen LogP contribution in [0.1, 0.15) is 116 Å². The van der Waals surface area contributed by atoms with Gasteiger partial charge in [0.15, 0.2) is 22.9 Å². The quantitative estimate of drug-likeness (QED) is 0.0701. The number of halogens is 2. The molecule has 3 aliphatic rings. The van der Waals surface area contributed by atoms with Gasteiger partial charge in [-0.1, -0.05) is 57.5 Å². The molecule has 19 heteroatoms. The van der Waals surface area contributed by atoms with Crippen molar-refractivity contribution in [2.45, 2.75) is 106 Å². The van der Waals surface area contributed by atoms with Crippen LogP contribution in [0.4, 0.5) is 17.1 Å². The molecule has 76 heavy (non-hydrogen) atoms. The van der Waals surface area contributed by atoms with Crippen molar-refractivity contribution in [3.8, 4) is 28.5 Å². The fraction of sp³-hybridized carbons (Fsp3) is 0.439. The number of carbonyl (C=O) groups excluding carboxylic acids is 2. The Morgan fingerprint density at radius 1 is 0.632 bits per heavy atom. The molecule has 3 aliphatic heterocycles. The zero-order valence-corrected chi connectivity index (χ0v) is 49.3. The van der Waals surface area contributed by atoms with E-state index in [-0.39, 0.29) is 29.9 Å². The number of fused-ring (bicyclic) bond motifs is 2. The third-order valence-electron chi connectivity index (χ3n) is 13.8. The van der Waals surface area contributed by atoms with E-state index in [9.17, 15) is 9.59 Å². The highest BCUT2D eigenvalue weighted by Crippen LogP contribution is 2.38. The summed E-state index contributed by atoms with van der Waals surface area (Å²) in [6.07, 6.45) is 11.6. The number of rotatable bonds is 9. The molecule has 0 atom stereocenters. The number of aromatic amines is 2. The number of nitrogens with two attached hydrogens (primary N) is 1. The lowest BCUT2D eigenvalue weighted by Crippen LogP contribution is -2.41. The number of ketones is 2. The number of benzene rings is 3. The number of Topliss-reactive ketones (excluding diaryl/α,β-unsaturated/α-hetero) is 2. The molecular weight excluding hydrogens is 1090 g/mol. The van der Waals surface area contributed by atoms with Crippen LogP contribution in [0.2, 0.25) is 0 Å². The standard InChI is InChI=1S/C22H26N4O2.C17H26BNO3.C11H12BrN3O.C7H8BrNO/c1-22(2,3)20(27)17-12-23-21-19(17)25-18(13-24-21)14-9-15(11-16(10-14)28-4)26-7-5-6-8-26;1-16(2)17(3,4)22-18(21-16)13-10-14(12-15(11-13)20-5)19-8-6-7-9-19;1-11(2,3)9(16)6-4-13-10-8(6)15-7(12)5-14-10;1-10-7-3-5(8)2-6(9)4-7/h9-13H,5-8H2,1-4H3,(H,23,24);10-12H,6-9H2,1-5H3;4-5H,1-3H3,(H,13,14);2-4H,9H2,1H3. The van der Waals surface area contributed by atoms with Crippen molar-refractivity contribution in [1.29, 1.82) is 0 Å². The van der Waals surface area contributed by atoms with Crippen molar-refractivity contribution >= 4 is 95.4 Å². The third-order valence-corrected chi connectivity index (χ3v) is 14.6. The van der Waals surface area contributed by atoms with Crippen molar-refractivity contribution < 1.29 is 33.1 Å². The molecule has 3 saturated heterocycles. The van der Waals surface area contributed by atoms with Crippen LogP contribution in [0.25, 0.3) is 33.6 Å². The molecule has 404 valence electrons. The molecule has 0 saturated carbocycles. The Hall–Kier alpha value is -6.02. The molecule has 16 nitrogen and oxygen atoms in total. The van der Waals surface area contributed by atoms with E-state index in [2.05, 4.69) is 119 Å². The summed E-state index contributed by atoms with van der Waals surface area (Å²) in [5.74, 6) is 2.53. The summed E-state index contributed by atoms with van der Waals surface area (Å²) in [6.45, 7) is 24.0. The maximum Gasteiger partial charge on any atom is 0.495 e. The lowest BCUT2D eigenvalue weighted by Gasteiger charge is -2.32. The molecule has 0 spiro atoms. The van der Waals surface area contributed by atoms with Crippen LogP contribution in [-0.2, 0) is 9.31 Å². The number of methoxy groups -OCH3 is 3. The maximum atomic E-state index is 12.8. The minimum Gasteiger partial charge on any atom is -0.497 e. The Balaban J connectivity index is 0.000000156. The van der Waals surface area contributed by atoms with Gasteiger partial charge in [0.1, 0.15) is 32.9 Å². The molecule has 7 heterocycles. The molecule has 0 unspecified atom stereocenters. The molecule has 0 amide bonds. The second-order valence-electron chi connectivity index (χ2n) is 22.2. The lowest BCUT2D eigenvalue weighted by atomic mass is 9.78. The van der Waals surface area contributed by atoms with Gasteiger partial charge in [-0.2, -0.15) is 0 Å². The summed E-state index contributed by atoms with van der Waals surface area (Å²) in [5, 5.41) is 0. The number of nitrogen functional groups attached to an aromatic ring is 1. The maximum absolute atomic E-state index is 12.8. The summed E-state index contributed by atoms with van der Waals surface area (Å²) >= 11 is 6.55. The van der Waals surface area contributed by atoms with Crippen LogP contribution in [0.5, 0.6) is 17.2 Å². The van der Waals surface area contributed by atoms with Gasteiger partial charge in [0.05, 0.1) is 61.7 Å². The molecule has 3 fully saturated rings. The Morgan fingerprint density at radius 2 is 1.09 bits per heavy atom. The predicted octanol–water partition coefficient (Wildman–Crippen LogP) is 12.0. The molecule has 4 aromatic heterocycles. The zero-order valence-electron chi connectivity index (χ0n) is 46.1. The van der Waals surface area contributed by atoms with Gasteiger partial charge in [0, 0.05) is 94.7 Å². The summed E-state index contributed by atoms with van der Waals surface area (Å²) in [5.41, 5.74) is 13.4. The Labute approximate surface area is 464 Å². The van der Waals surface area contributed by atoms with Crippen LogP contribution in [-0.4, -0.2) is 107 Å². The molecule has 7 aromatic rings. The Morgan fingerprint density at radius 3 is 1.58 bits per heavy atom. The predicted molar refractivity (Wildman–Crippen MR) is 312 cm³/mol. The first-order chi connectivity index (χ1) is 35.8. The molecule has 0 radical (unpaired) electrons. The topological polar surface area (TPSA) is 196 Å². The third kappa shape index (κ3) is 13.7. The Bertz CT molecular complexity index is 3140. The van der Waals surface area contributed by atoms with Crippen LogP contribution in [0.3, 0.4) is 0 Å². The highest BCUT2D eigenvalue weighted by atomic mass is 79.9. The minimum absolute atomic E-state index is 0.0496. The lowest BCUT2D eigenvalue weighted by molar-refractivity contribution is 0.00578. The van der Waals surface area contributed by atoms with Crippen molar-refractivity contribution in [3.05, 3.63) is 99.6 Å². The highest BCUT2D eigenvalue weighted by Gasteiger charge is 2.52. The summed E-state index contributed by atoms with van der Waals surface area (Å²) in [6, 6.07) is 17.9. The number of ether oxygens (including phenoxy) is 3. The van der Waals surface area contributed by atoms with Gasteiger partial charge in [-0.3, -0.25) is 9.59 Å². The van der Waals surface area contributed by atoms with E-state index in [0.717, 1.165) is 70.3 Å². The SMILES string of the molecule is CC(C)(C)C(=O)c1c[nH]c2ncc(Br)nc12.COc1cc(-c2cnc3[nH]cc(C(=O)C(C)(C)C)c3n2)cc(N2CCCC2)c1.COc1cc(B2OC(C)(C)C(C)(C)O2)cc(N2CCCC2)c1.COc1cc(N)cc(Br)c1. The Kier molecular flexibility index (Phi) is 18.0. The second kappa shape index (κ2) is 23.7. The number of carbonyl (C=O) groups is 2. The highest BCUT2D eigenvalue weighted by molar-refractivity contribution is 9.10. The van der Waals surface area contributed by atoms with Crippen LogP contribution in [0, 0.1) is 10.8 Å². The van der Waals surface area contributed by atoms with Gasteiger partial charge in [-0.15, -0.1) is 0 Å². The molecular formula is C57H72BBr2N9O7. The first-order valence-electron chi connectivity index (χ1n) is 25.6. The molecule has 0 aliphatic carbocycles. The van der Waals surface area contributed by atoms with Crippen molar-refractivity contribution in [1.82, 2.24) is 29.9 Å². The number of hydrogen-bond donors (Lipinski definition) is 3. The van der Waals surface area contributed by atoms with Crippen molar-refractivity contribution in [2.75, 3.05) is 63.0 Å². The number of H-pyrrole nitrogens is 2. The minimum atomic E-state index is -0.480. The molecule has 0 bridgehead atoms. The number of hydrogen-bond acceptors (Lipinski definition) is 14. The number of aromatic nitrogens is 6. The number of nitrogens with one attached hydrogen (secondary N) is 2. The zero-order chi connectivity index (χ0) is 55.3. The van der Waals surface area contributed by atoms with Crippen molar-refractivity contribution in [3.63, 3.8) is 0 Å². The van der Waals surface area contributed by atoms with Crippen LogP contribution < -0.4 is 35.2 Å². The van der Waals surface area contributed by atoms with Gasteiger partial charge in [-0.25, -0.2) is 19.9 Å². The monoisotopic (exact) mass is 1160 g/mol. The van der Waals surface area contributed by atoms with E-state index < -0.39 is 10.8 Å². The summed E-state index contributed by atoms with van der Waals surface area (Å²) in [4.78, 5) is 53.5. The number of nitrogens with zero attached hydrogens (tertiary/aromatic N) is 6. The molecule has 3 aromatic carbocycles. The molecule has 10 rings (SSSR count). The summed E-state index contributed by atoms with van der Waals surface area (Å²) < 4.78 is 29.9. The van der Waals surface area contributed by atoms with Gasteiger partial charge in [0.25, 0.3) is 0 Å². The van der Waals surface area contributed by atoms with Gasteiger partial charge in [0.2, 0.25) is 0 Å².